The summed E-state index contributed by atoms with van der Waals surface area (Å²) in [4.78, 5) is 2.27. The van der Waals surface area contributed by atoms with Gasteiger partial charge >= 0.3 is 0 Å². The second kappa shape index (κ2) is 4.53. The van der Waals surface area contributed by atoms with Crippen molar-refractivity contribution < 1.29 is 0 Å². The second-order valence-electron chi connectivity index (χ2n) is 5.00. The molecule has 1 unspecified atom stereocenters. The molecule has 18 heavy (non-hydrogen) atoms. The number of aromatic nitrogens is 2. The number of fused-ring (bicyclic) bond motifs is 1. The fourth-order valence-corrected chi connectivity index (χ4v) is 2.66. The van der Waals surface area contributed by atoms with Crippen molar-refractivity contribution in [3.63, 3.8) is 0 Å². The van der Waals surface area contributed by atoms with Crippen LogP contribution in [-0.2, 0) is 0 Å². The Hall–Kier alpha value is -1.68. The maximum absolute atomic E-state index is 6.05. The van der Waals surface area contributed by atoms with Crippen molar-refractivity contribution in [3.05, 3.63) is 30.0 Å². The first-order chi connectivity index (χ1) is 8.75. The number of anilines is 1. The van der Waals surface area contributed by atoms with E-state index in [-0.39, 0.29) is 6.04 Å². The fraction of sp³-hybridized carbons (Fsp3) is 0.429. The molecule has 0 spiro atoms. The van der Waals surface area contributed by atoms with Gasteiger partial charge in [0.15, 0.2) is 5.82 Å². The minimum absolute atomic E-state index is 0.251. The SMILES string of the molecule is Cc1nnc(N2CCCC(N)C2)c2ccccc12. The first-order valence-electron chi connectivity index (χ1n) is 6.48. The lowest BCUT2D eigenvalue weighted by Gasteiger charge is -2.32. The van der Waals surface area contributed by atoms with E-state index in [0.717, 1.165) is 37.4 Å². The zero-order valence-electron chi connectivity index (χ0n) is 10.6. The van der Waals surface area contributed by atoms with Crippen molar-refractivity contribution in [1.82, 2.24) is 10.2 Å². The van der Waals surface area contributed by atoms with Gasteiger partial charge < -0.3 is 10.6 Å². The first kappa shape index (κ1) is 11.4. The number of nitrogens with zero attached hydrogens (tertiary/aromatic N) is 3. The molecule has 1 aromatic heterocycles. The molecule has 2 N–H and O–H groups in total. The van der Waals surface area contributed by atoms with Crippen LogP contribution in [0.3, 0.4) is 0 Å². The molecule has 1 fully saturated rings. The molecule has 94 valence electrons. The summed E-state index contributed by atoms with van der Waals surface area (Å²) in [6, 6.07) is 8.57. The average Bonchev–Trinajstić information content (AvgIpc) is 2.39. The van der Waals surface area contributed by atoms with E-state index < -0.39 is 0 Å². The van der Waals surface area contributed by atoms with E-state index in [1.165, 1.54) is 10.8 Å². The summed E-state index contributed by atoms with van der Waals surface area (Å²) < 4.78 is 0. The first-order valence-corrected chi connectivity index (χ1v) is 6.48. The third-order valence-electron chi connectivity index (χ3n) is 3.61. The van der Waals surface area contributed by atoms with Gasteiger partial charge in [0.1, 0.15) is 0 Å². The van der Waals surface area contributed by atoms with Gasteiger partial charge in [0.2, 0.25) is 0 Å². The Morgan fingerprint density at radius 1 is 1.22 bits per heavy atom. The van der Waals surface area contributed by atoms with E-state index >= 15 is 0 Å². The van der Waals surface area contributed by atoms with Crippen LogP contribution in [0.1, 0.15) is 18.5 Å². The Morgan fingerprint density at radius 3 is 2.78 bits per heavy atom. The Morgan fingerprint density at radius 2 is 2.00 bits per heavy atom. The van der Waals surface area contributed by atoms with Crippen LogP contribution in [0, 0.1) is 6.92 Å². The topological polar surface area (TPSA) is 55.0 Å². The summed E-state index contributed by atoms with van der Waals surface area (Å²) in [6.07, 6.45) is 2.23. The number of benzene rings is 1. The normalized spacial score (nSPS) is 20.3. The van der Waals surface area contributed by atoms with E-state index in [9.17, 15) is 0 Å². The number of piperidine rings is 1. The monoisotopic (exact) mass is 242 g/mol. The molecule has 4 heteroatoms. The third kappa shape index (κ3) is 1.93. The summed E-state index contributed by atoms with van der Waals surface area (Å²) in [6.45, 7) is 3.90. The molecule has 0 aliphatic carbocycles. The van der Waals surface area contributed by atoms with Crippen LogP contribution in [-0.4, -0.2) is 29.3 Å². The molecule has 4 nitrogen and oxygen atoms in total. The smallest absolute Gasteiger partial charge is 0.159 e. The molecule has 1 atom stereocenters. The number of aryl methyl sites for hydroxylation is 1. The molecule has 2 heterocycles. The minimum Gasteiger partial charge on any atom is -0.353 e. The highest BCUT2D eigenvalue weighted by Gasteiger charge is 2.20. The molecule has 0 bridgehead atoms. The zero-order chi connectivity index (χ0) is 12.5. The van der Waals surface area contributed by atoms with Gasteiger partial charge in [-0.1, -0.05) is 24.3 Å². The Balaban J connectivity index is 2.09. The van der Waals surface area contributed by atoms with E-state index in [4.69, 9.17) is 5.73 Å². The van der Waals surface area contributed by atoms with Crippen molar-refractivity contribution in [3.8, 4) is 0 Å². The number of rotatable bonds is 1. The molecular formula is C14H18N4. The van der Waals surface area contributed by atoms with Crippen LogP contribution in [0.5, 0.6) is 0 Å². The van der Waals surface area contributed by atoms with E-state index in [2.05, 4.69) is 33.3 Å². The fourth-order valence-electron chi connectivity index (χ4n) is 2.66. The van der Waals surface area contributed by atoms with E-state index in [1.54, 1.807) is 0 Å². The van der Waals surface area contributed by atoms with Crippen molar-refractivity contribution in [2.45, 2.75) is 25.8 Å². The number of hydrogen-bond acceptors (Lipinski definition) is 4. The van der Waals surface area contributed by atoms with Crippen LogP contribution in [0.2, 0.25) is 0 Å². The van der Waals surface area contributed by atoms with Gasteiger partial charge in [0, 0.05) is 29.9 Å². The molecule has 1 saturated heterocycles. The molecule has 1 aliphatic heterocycles. The lowest BCUT2D eigenvalue weighted by molar-refractivity contribution is 0.503. The van der Waals surface area contributed by atoms with Crippen LogP contribution in [0.25, 0.3) is 10.8 Å². The van der Waals surface area contributed by atoms with Crippen LogP contribution in [0.4, 0.5) is 5.82 Å². The van der Waals surface area contributed by atoms with Gasteiger partial charge in [-0.3, -0.25) is 0 Å². The van der Waals surface area contributed by atoms with Crippen molar-refractivity contribution in [2.24, 2.45) is 5.73 Å². The van der Waals surface area contributed by atoms with Gasteiger partial charge in [0.05, 0.1) is 5.69 Å². The maximum atomic E-state index is 6.05. The van der Waals surface area contributed by atoms with Crippen molar-refractivity contribution in [1.29, 1.82) is 0 Å². The standard InChI is InChI=1S/C14H18N4/c1-10-12-6-2-3-7-13(12)14(17-16-10)18-8-4-5-11(15)9-18/h2-3,6-7,11H,4-5,8-9,15H2,1H3. The molecule has 1 aromatic carbocycles. The minimum atomic E-state index is 0.251. The van der Waals surface area contributed by atoms with Crippen LogP contribution >= 0.6 is 0 Å². The third-order valence-corrected chi connectivity index (χ3v) is 3.61. The largest absolute Gasteiger partial charge is 0.353 e. The van der Waals surface area contributed by atoms with Crippen molar-refractivity contribution >= 4 is 16.6 Å². The number of hydrogen-bond donors (Lipinski definition) is 1. The average molecular weight is 242 g/mol. The van der Waals surface area contributed by atoms with Gasteiger partial charge in [-0.05, 0) is 19.8 Å². The van der Waals surface area contributed by atoms with Gasteiger partial charge in [-0.2, -0.15) is 5.10 Å². The van der Waals surface area contributed by atoms with Gasteiger partial charge in [-0.15, -0.1) is 5.10 Å². The quantitative estimate of drug-likeness (QED) is 0.829. The van der Waals surface area contributed by atoms with Crippen LogP contribution in [0.15, 0.2) is 24.3 Å². The molecule has 3 rings (SSSR count). The summed E-state index contributed by atoms with van der Waals surface area (Å²) in [5, 5.41) is 11.0. The highest BCUT2D eigenvalue weighted by atomic mass is 15.3. The predicted octanol–water partition coefficient (Wildman–Crippen LogP) is 1.87. The Bertz CT molecular complexity index is 567. The maximum Gasteiger partial charge on any atom is 0.159 e. The van der Waals surface area contributed by atoms with Gasteiger partial charge in [-0.25, -0.2) is 0 Å². The van der Waals surface area contributed by atoms with Crippen molar-refractivity contribution in [2.75, 3.05) is 18.0 Å². The molecule has 0 saturated carbocycles. The molecular weight excluding hydrogens is 224 g/mol. The van der Waals surface area contributed by atoms with E-state index in [1.807, 2.05) is 13.0 Å². The summed E-state index contributed by atoms with van der Waals surface area (Å²) in [5.74, 6) is 0.978. The Kier molecular flexibility index (Phi) is 2.88. The number of nitrogens with two attached hydrogens (primary N) is 1. The van der Waals surface area contributed by atoms with Crippen LogP contribution < -0.4 is 10.6 Å². The zero-order valence-corrected chi connectivity index (χ0v) is 10.6. The lowest BCUT2D eigenvalue weighted by Crippen LogP contribution is -2.43. The molecule has 1 aliphatic rings. The molecule has 0 radical (unpaired) electrons. The highest BCUT2D eigenvalue weighted by Crippen LogP contribution is 2.27. The summed E-state index contributed by atoms with van der Waals surface area (Å²) >= 11 is 0. The summed E-state index contributed by atoms with van der Waals surface area (Å²) in [7, 11) is 0. The lowest BCUT2D eigenvalue weighted by atomic mass is 10.1. The van der Waals surface area contributed by atoms with Gasteiger partial charge in [0.25, 0.3) is 0 Å². The predicted molar refractivity (Wildman–Crippen MR) is 73.7 cm³/mol. The second-order valence-corrected chi connectivity index (χ2v) is 5.00. The van der Waals surface area contributed by atoms with E-state index in [0.29, 0.717) is 0 Å². The Labute approximate surface area is 107 Å². The molecule has 2 aromatic rings. The highest BCUT2D eigenvalue weighted by molar-refractivity contribution is 5.93. The molecule has 0 amide bonds. The summed E-state index contributed by atoms with van der Waals surface area (Å²) in [5.41, 5.74) is 7.03.